The van der Waals surface area contributed by atoms with Crippen LogP contribution in [-0.4, -0.2) is 0 Å². The summed E-state index contributed by atoms with van der Waals surface area (Å²) in [5, 5.41) is 1.64. The molecule has 18 heavy (non-hydrogen) atoms. The molecule has 0 bridgehead atoms. The molecule has 0 nitrogen and oxygen atoms in total. The molecule has 0 N–H and O–H groups in total. The fraction of sp³-hybridized carbons (Fsp3) is 0. The van der Waals surface area contributed by atoms with Gasteiger partial charge in [0.2, 0.25) is 0 Å². The van der Waals surface area contributed by atoms with E-state index in [2.05, 4.69) is 23.7 Å². The third-order valence-electron chi connectivity index (χ3n) is 2.79. The maximum Gasteiger partial charge on any atom is 0.0490 e. The Morgan fingerprint density at radius 1 is 0.611 bits per heavy atom. The number of fused-ring (bicyclic) bond motifs is 1. The van der Waals surface area contributed by atoms with Crippen LogP contribution in [0.25, 0.3) is 10.8 Å². The predicted octanol–water partition coefficient (Wildman–Crippen LogP) is 2.77. The first-order chi connectivity index (χ1) is 8.76. The van der Waals surface area contributed by atoms with E-state index in [-0.39, 0.29) is 0 Å². The standard InChI is InChI=1S/C18H8/c1-5-13-11-12-17-14(6-2)9-10-15(7-3)18(17)16(13)8-4/h1-4,9-12H. The number of hydrogen-bond donors (Lipinski definition) is 0. The molecule has 2 rings (SSSR count). The van der Waals surface area contributed by atoms with Gasteiger partial charge >= 0.3 is 0 Å². The molecule has 0 aliphatic carbocycles. The van der Waals surface area contributed by atoms with Gasteiger partial charge in [-0.3, -0.25) is 0 Å². The van der Waals surface area contributed by atoms with Crippen LogP contribution in [0.5, 0.6) is 0 Å². The van der Waals surface area contributed by atoms with Gasteiger partial charge in [-0.25, -0.2) is 0 Å². The Labute approximate surface area is 107 Å². The smallest absolute Gasteiger partial charge is 0.0490 e. The summed E-state index contributed by atoms with van der Waals surface area (Å²) in [4.78, 5) is 0. The molecule has 0 fully saturated rings. The van der Waals surface area contributed by atoms with Crippen molar-refractivity contribution in [3.05, 3.63) is 46.5 Å². The lowest BCUT2D eigenvalue weighted by Crippen LogP contribution is -1.92. The van der Waals surface area contributed by atoms with Crippen LogP contribution in [0.2, 0.25) is 0 Å². The fourth-order valence-electron chi connectivity index (χ4n) is 1.96. The van der Waals surface area contributed by atoms with Crippen molar-refractivity contribution >= 4 is 10.8 Å². The van der Waals surface area contributed by atoms with Crippen molar-refractivity contribution in [3.8, 4) is 49.4 Å². The van der Waals surface area contributed by atoms with Crippen LogP contribution in [0, 0.1) is 49.4 Å². The summed E-state index contributed by atoms with van der Waals surface area (Å²) in [5.41, 5.74) is 2.73. The monoisotopic (exact) mass is 224 g/mol. The summed E-state index contributed by atoms with van der Waals surface area (Å²) in [6.07, 6.45) is 22.0. The van der Waals surface area contributed by atoms with Crippen molar-refractivity contribution < 1.29 is 0 Å². The van der Waals surface area contributed by atoms with Gasteiger partial charge in [0.1, 0.15) is 0 Å². The van der Waals surface area contributed by atoms with Crippen LogP contribution >= 0.6 is 0 Å². The highest BCUT2D eigenvalue weighted by Crippen LogP contribution is 2.27. The molecule has 2 aromatic rings. The summed E-state index contributed by atoms with van der Waals surface area (Å²) in [7, 11) is 0. The molecule has 0 radical (unpaired) electrons. The molecule has 2 aromatic carbocycles. The fourth-order valence-corrected chi connectivity index (χ4v) is 1.96. The van der Waals surface area contributed by atoms with Gasteiger partial charge in [0, 0.05) is 27.6 Å². The average Bonchev–Trinajstić information content (AvgIpc) is 2.44. The SMILES string of the molecule is C#Cc1ccc2c(C#C)ccc(C#C)c2c1C#C. The maximum absolute atomic E-state index is 5.54. The highest BCUT2D eigenvalue weighted by Gasteiger charge is 2.10. The summed E-state index contributed by atoms with van der Waals surface area (Å²) >= 11 is 0. The first kappa shape index (κ1) is 11.4. The number of hydrogen-bond acceptors (Lipinski definition) is 0. The van der Waals surface area contributed by atoms with Gasteiger partial charge in [0.05, 0.1) is 0 Å². The molecular formula is C18H8. The third kappa shape index (κ3) is 1.51. The van der Waals surface area contributed by atoms with Crippen LogP contribution in [0.1, 0.15) is 22.3 Å². The average molecular weight is 224 g/mol. The summed E-state index contributed by atoms with van der Waals surface area (Å²) < 4.78 is 0. The molecular weight excluding hydrogens is 216 g/mol. The second-order valence-corrected chi connectivity index (χ2v) is 3.65. The Morgan fingerprint density at radius 3 is 1.72 bits per heavy atom. The molecule has 0 atom stereocenters. The summed E-state index contributed by atoms with van der Waals surface area (Å²) in [5.74, 6) is 10.4. The molecule has 0 saturated carbocycles. The normalized spacial score (nSPS) is 8.89. The molecule has 80 valence electrons. The van der Waals surface area contributed by atoms with Crippen LogP contribution in [-0.2, 0) is 0 Å². The molecule has 0 aliphatic rings. The molecule has 0 aromatic heterocycles. The van der Waals surface area contributed by atoms with Crippen molar-refractivity contribution in [2.75, 3.05) is 0 Å². The largest absolute Gasteiger partial charge is 0.115 e. The minimum Gasteiger partial charge on any atom is -0.115 e. The minimum atomic E-state index is 0.625. The molecule has 0 heterocycles. The van der Waals surface area contributed by atoms with Gasteiger partial charge in [0.25, 0.3) is 0 Å². The lowest BCUT2D eigenvalue weighted by atomic mass is 9.93. The van der Waals surface area contributed by atoms with E-state index in [9.17, 15) is 0 Å². The van der Waals surface area contributed by atoms with Gasteiger partial charge in [-0.05, 0) is 23.6 Å². The maximum atomic E-state index is 5.54. The van der Waals surface area contributed by atoms with Crippen LogP contribution in [0.3, 0.4) is 0 Å². The van der Waals surface area contributed by atoms with Crippen LogP contribution < -0.4 is 0 Å². The van der Waals surface area contributed by atoms with E-state index in [4.69, 9.17) is 25.7 Å². The lowest BCUT2D eigenvalue weighted by Gasteiger charge is -2.08. The second kappa shape index (κ2) is 4.44. The predicted molar refractivity (Wildman–Crippen MR) is 75.7 cm³/mol. The Balaban J connectivity index is 3.12. The van der Waals surface area contributed by atoms with E-state index < -0.39 is 0 Å². The second-order valence-electron chi connectivity index (χ2n) is 3.65. The molecule has 0 aliphatic heterocycles. The highest BCUT2D eigenvalue weighted by atomic mass is 14.1. The lowest BCUT2D eigenvalue weighted by molar-refractivity contribution is 1.61. The Kier molecular flexibility index (Phi) is 2.82. The summed E-state index contributed by atoms with van der Waals surface area (Å²) in [6.45, 7) is 0. The molecule has 0 heteroatoms. The van der Waals surface area contributed by atoms with E-state index >= 15 is 0 Å². The highest BCUT2D eigenvalue weighted by molar-refractivity contribution is 5.98. The van der Waals surface area contributed by atoms with Crippen molar-refractivity contribution in [1.29, 1.82) is 0 Å². The van der Waals surface area contributed by atoms with Crippen LogP contribution in [0.15, 0.2) is 24.3 Å². The molecule has 0 unspecified atom stereocenters. The zero-order chi connectivity index (χ0) is 13.1. The first-order valence-electron chi connectivity index (χ1n) is 5.23. The molecule has 0 spiro atoms. The van der Waals surface area contributed by atoms with E-state index in [0.29, 0.717) is 16.7 Å². The molecule has 0 amide bonds. The topological polar surface area (TPSA) is 0 Å². The Morgan fingerprint density at radius 2 is 1.17 bits per heavy atom. The van der Waals surface area contributed by atoms with Crippen molar-refractivity contribution in [2.24, 2.45) is 0 Å². The number of benzene rings is 2. The minimum absolute atomic E-state index is 0.625. The van der Waals surface area contributed by atoms with Crippen molar-refractivity contribution in [3.63, 3.8) is 0 Å². The summed E-state index contributed by atoms with van der Waals surface area (Å²) in [6, 6.07) is 7.26. The number of rotatable bonds is 0. The third-order valence-corrected chi connectivity index (χ3v) is 2.79. The van der Waals surface area contributed by atoms with Gasteiger partial charge in [-0.2, -0.15) is 0 Å². The Hall–Kier alpha value is -3.06. The van der Waals surface area contributed by atoms with Gasteiger partial charge in [0.15, 0.2) is 0 Å². The van der Waals surface area contributed by atoms with E-state index in [0.717, 1.165) is 16.3 Å². The van der Waals surface area contributed by atoms with Gasteiger partial charge in [-0.1, -0.05) is 29.7 Å². The van der Waals surface area contributed by atoms with E-state index in [1.54, 1.807) is 12.1 Å². The van der Waals surface area contributed by atoms with E-state index in [1.165, 1.54) is 0 Å². The molecule has 0 saturated heterocycles. The first-order valence-corrected chi connectivity index (χ1v) is 5.23. The van der Waals surface area contributed by atoms with E-state index in [1.807, 2.05) is 12.1 Å². The zero-order valence-electron chi connectivity index (χ0n) is 9.62. The van der Waals surface area contributed by atoms with Crippen molar-refractivity contribution in [1.82, 2.24) is 0 Å². The zero-order valence-corrected chi connectivity index (χ0v) is 9.62. The van der Waals surface area contributed by atoms with Crippen molar-refractivity contribution in [2.45, 2.75) is 0 Å². The van der Waals surface area contributed by atoms with Gasteiger partial charge in [-0.15, -0.1) is 25.7 Å². The van der Waals surface area contributed by atoms with Gasteiger partial charge < -0.3 is 0 Å². The Bertz CT molecular complexity index is 807. The quantitative estimate of drug-likeness (QED) is 0.604. The van der Waals surface area contributed by atoms with Crippen LogP contribution in [0.4, 0.5) is 0 Å². The number of terminal acetylenes is 4.